The number of nitrogens with zero attached hydrogens (tertiary/aromatic N) is 1. The predicted octanol–water partition coefficient (Wildman–Crippen LogP) is 4.84. The van der Waals surface area contributed by atoms with Crippen molar-refractivity contribution < 1.29 is 28.5 Å². The van der Waals surface area contributed by atoms with E-state index in [4.69, 9.17) is 18.9 Å². The molecule has 0 amide bonds. The standard InChI is InChI=1S/C27H31NO7/c1-6-9-11-28-12-10-17(15-23(28)29)24-19-16-22(35-8-3)21(34-7-2)14-18(19)13-20(26(30)32-4)25(24)27(31)33-5/h10,12-16H,6-9,11H2,1-5H3. The highest BCUT2D eigenvalue weighted by Crippen LogP contribution is 2.41. The van der Waals surface area contributed by atoms with Crippen LogP contribution < -0.4 is 15.0 Å². The average molecular weight is 482 g/mol. The molecule has 3 rings (SSSR count). The fourth-order valence-electron chi connectivity index (χ4n) is 4.01. The van der Waals surface area contributed by atoms with Crippen molar-refractivity contribution in [1.29, 1.82) is 0 Å². The summed E-state index contributed by atoms with van der Waals surface area (Å²) in [6, 6.07) is 8.31. The van der Waals surface area contributed by atoms with Crippen LogP contribution in [-0.4, -0.2) is 43.9 Å². The molecule has 1 heterocycles. The normalized spacial score (nSPS) is 10.8. The molecule has 0 unspecified atom stereocenters. The molecule has 8 heteroatoms. The van der Waals surface area contributed by atoms with E-state index in [1.165, 1.54) is 20.3 Å². The summed E-state index contributed by atoms with van der Waals surface area (Å²) in [6.07, 6.45) is 3.52. The number of esters is 2. The first-order valence-electron chi connectivity index (χ1n) is 11.7. The van der Waals surface area contributed by atoms with Gasteiger partial charge in [-0.15, -0.1) is 0 Å². The van der Waals surface area contributed by atoms with Crippen LogP contribution in [0.4, 0.5) is 0 Å². The van der Waals surface area contributed by atoms with E-state index in [9.17, 15) is 14.4 Å². The third-order valence-electron chi connectivity index (χ3n) is 5.64. The first-order chi connectivity index (χ1) is 16.9. The van der Waals surface area contributed by atoms with Gasteiger partial charge in [0.2, 0.25) is 0 Å². The molecule has 0 aliphatic heterocycles. The number of rotatable bonds is 10. The van der Waals surface area contributed by atoms with Crippen molar-refractivity contribution in [3.63, 3.8) is 0 Å². The third kappa shape index (κ3) is 5.31. The van der Waals surface area contributed by atoms with Crippen molar-refractivity contribution in [1.82, 2.24) is 4.57 Å². The Morgan fingerprint density at radius 2 is 1.54 bits per heavy atom. The minimum atomic E-state index is -0.718. The smallest absolute Gasteiger partial charge is 0.339 e. The SMILES string of the molecule is CCCCn1ccc(-c2c(C(=O)OC)c(C(=O)OC)cc3cc(OCC)c(OCC)cc23)cc1=O. The minimum absolute atomic E-state index is 0.0177. The Labute approximate surface area is 204 Å². The first kappa shape index (κ1) is 25.8. The molecule has 0 fully saturated rings. The van der Waals surface area contributed by atoms with Gasteiger partial charge in [0.1, 0.15) is 0 Å². The molecule has 0 radical (unpaired) electrons. The van der Waals surface area contributed by atoms with Gasteiger partial charge in [-0.05, 0) is 60.9 Å². The van der Waals surface area contributed by atoms with Crippen molar-refractivity contribution in [3.05, 3.63) is 58.0 Å². The number of ether oxygens (including phenoxy) is 4. The van der Waals surface area contributed by atoms with E-state index in [1.54, 1.807) is 35.0 Å². The van der Waals surface area contributed by atoms with Crippen LogP contribution in [0.2, 0.25) is 0 Å². The van der Waals surface area contributed by atoms with Crippen molar-refractivity contribution in [2.75, 3.05) is 27.4 Å². The van der Waals surface area contributed by atoms with Gasteiger partial charge in [-0.1, -0.05) is 13.3 Å². The second kappa shape index (κ2) is 11.6. The van der Waals surface area contributed by atoms with Gasteiger partial charge >= 0.3 is 11.9 Å². The topological polar surface area (TPSA) is 93.1 Å². The molecule has 0 saturated carbocycles. The van der Waals surface area contributed by atoms with Crippen molar-refractivity contribution in [2.24, 2.45) is 0 Å². The number of pyridine rings is 1. The molecular formula is C27H31NO7. The largest absolute Gasteiger partial charge is 0.490 e. The monoisotopic (exact) mass is 481 g/mol. The minimum Gasteiger partial charge on any atom is -0.490 e. The second-order valence-corrected chi connectivity index (χ2v) is 7.84. The zero-order valence-corrected chi connectivity index (χ0v) is 20.8. The summed E-state index contributed by atoms with van der Waals surface area (Å²) in [6.45, 7) is 7.18. The molecule has 186 valence electrons. The average Bonchev–Trinajstić information content (AvgIpc) is 2.86. The molecule has 0 aliphatic carbocycles. The van der Waals surface area contributed by atoms with Crippen molar-refractivity contribution >= 4 is 22.7 Å². The molecular weight excluding hydrogens is 450 g/mol. The summed E-state index contributed by atoms with van der Waals surface area (Å²) in [5, 5.41) is 1.23. The van der Waals surface area contributed by atoms with Crippen LogP contribution in [0.5, 0.6) is 11.5 Å². The number of methoxy groups -OCH3 is 2. The number of carbonyl (C=O) groups excluding carboxylic acids is 2. The van der Waals surface area contributed by atoms with E-state index in [0.29, 0.717) is 53.2 Å². The Balaban J connectivity index is 2.45. The zero-order valence-electron chi connectivity index (χ0n) is 20.8. The molecule has 35 heavy (non-hydrogen) atoms. The molecule has 0 atom stereocenters. The molecule has 0 N–H and O–H groups in total. The number of fused-ring (bicyclic) bond motifs is 1. The van der Waals surface area contributed by atoms with Crippen LogP contribution in [-0.2, 0) is 16.0 Å². The van der Waals surface area contributed by atoms with Gasteiger partial charge in [0.15, 0.2) is 11.5 Å². The summed E-state index contributed by atoms with van der Waals surface area (Å²) in [5.74, 6) is -0.425. The molecule has 0 saturated heterocycles. The lowest BCUT2D eigenvalue weighted by atomic mass is 9.89. The van der Waals surface area contributed by atoms with E-state index < -0.39 is 11.9 Å². The van der Waals surface area contributed by atoms with Crippen molar-refractivity contribution in [3.8, 4) is 22.6 Å². The molecule has 0 aliphatic rings. The summed E-state index contributed by atoms with van der Waals surface area (Å²) in [4.78, 5) is 38.6. The number of aromatic nitrogens is 1. The highest BCUT2D eigenvalue weighted by molar-refractivity contribution is 6.15. The summed E-state index contributed by atoms with van der Waals surface area (Å²) in [7, 11) is 2.48. The number of aryl methyl sites for hydroxylation is 1. The van der Waals surface area contributed by atoms with E-state index in [2.05, 4.69) is 6.92 Å². The number of hydrogen-bond donors (Lipinski definition) is 0. The number of benzene rings is 2. The van der Waals surface area contributed by atoms with E-state index >= 15 is 0 Å². The second-order valence-electron chi connectivity index (χ2n) is 7.84. The molecule has 0 spiro atoms. The van der Waals surface area contributed by atoms with Crippen LogP contribution in [0.1, 0.15) is 54.3 Å². The Bertz CT molecular complexity index is 1290. The van der Waals surface area contributed by atoms with E-state index in [0.717, 1.165) is 12.8 Å². The van der Waals surface area contributed by atoms with Crippen molar-refractivity contribution in [2.45, 2.75) is 40.2 Å². The number of unbranched alkanes of at least 4 members (excludes halogenated alkanes) is 1. The maximum Gasteiger partial charge on any atom is 0.339 e. The Kier molecular flexibility index (Phi) is 8.52. The van der Waals surface area contributed by atoms with E-state index in [-0.39, 0.29) is 16.7 Å². The van der Waals surface area contributed by atoms with Gasteiger partial charge in [0.25, 0.3) is 5.56 Å². The lowest BCUT2D eigenvalue weighted by Gasteiger charge is -2.19. The Morgan fingerprint density at radius 3 is 2.11 bits per heavy atom. The third-order valence-corrected chi connectivity index (χ3v) is 5.64. The lowest BCUT2D eigenvalue weighted by Crippen LogP contribution is -2.19. The van der Waals surface area contributed by atoms with Crippen LogP contribution in [0.3, 0.4) is 0 Å². The van der Waals surface area contributed by atoms with Gasteiger partial charge in [-0.3, -0.25) is 4.79 Å². The van der Waals surface area contributed by atoms with Gasteiger partial charge in [0, 0.05) is 24.4 Å². The molecule has 3 aromatic rings. The van der Waals surface area contributed by atoms with Gasteiger partial charge in [-0.25, -0.2) is 9.59 Å². The molecule has 1 aromatic heterocycles. The molecule has 0 bridgehead atoms. The van der Waals surface area contributed by atoms with Gasteiger partial charge in [0.05, 0.1) is 38.6 Å². The summed E-state index contributed by atoms with van der Waals surface area (Å²) in [5.41, 5.74) is 0.705. The zero-order chi connectivity index (χ0) is 25.5. The first-order valence-corrected chi connectivity index (χ1v) is 11.7. The predicted molar refractivity (Wildman–Crippen MR) is 134 cm³/mol. The maximum atomic E-state index is 13.0. The summed E-state index contributed by atoms with van der Waals surface area (Å²) < 4.78 is 23.2. The fourth-order valence-corrected chi connectivity index (χ4v) is 4.01. The highest BCUT2D eigenvalue weighted by Gasteiger charge is 2.27. The number of carbonyl (C=O) groups is 2. The van der Waals surface area contributed by atoms with Gasteiger partial charge < -0.3 is 23.5 Å². The van der Waals surface area contributed by atoms with Crippen LogP contribution in [0.25, 0.3) is 21.9 Å². The fraction of sp³-hybridized carbons (Fsp3) is 0.370. The van der Waals surface area contributed by atoms with Crippen LogP contribution >= 0.6 is 0 Å². The van der Waals surface area contributed by atoms with Gasteiger partial charge in [-0.2, -0.15) is 0 Å². The number of hydrogen-bond acceptors (Lipinski definition) is 7. The Hall–Kier alpha value is -3.81. The molecule has 2 aromatic carbocycles. The quantitative estimate of drug-likeness (QED) is 0.383. The lowest BCUT2D eigenvalue weighted by molar-refractivity contribution is 0.0556. The van der Waals surface area contributed by atoms with Crippen LogP contribution in [0, 0.1) is 0 Å². The Morgan fingerprint density at radius 1 is 0.886 bits per heavy atom. The van der Waals surface area contributed by atoms with Crippen LogP contribution in [0.15, 0.2) is 41.3 Å². The highest BCUT2D eigenvalue weighted by atomic mass is 16.5. The molecule has 8 nitrogen and oxygen atoms in total. The maximum absolute atomic E-state index is 13.0. The summed E-state index contributed by atoms with van der Waals surface area (Å²) >= 11 is 0. The van der Waals surface area contributed by atoms with E-state index in [1.807, 2.05) is 13.8 Å².